The summed E-state index contributed by atoms with van der Waals surface area (Å²) in [6.07, 6.45) is 3.74. The Bertz CT molecular complexity index is 801. The Morgan fingerprint density at radius 3 is 2.13 bits per heavy atom. The van der Waals surface area contributed by atoms with Crippen LogP contribution in [-0.2, 0) is 32.2 Å². The summed E-state index contributed by atoms with van der Waals surface area (Å²) in [4.78, 5) is 12.7. The van der Waals surface area contributed by atoms with Gasteiger partial charge in [0.15, 0.2) is 5.60 Å². The molecule has 2 rings (SSSR count). The van der Waals surface area contributed by atoms with Gasteiger partial charge in [-0.1, -0.05) is 66.7 Å². The van der Waals surface area contributed by atoms with Crippen molar-refractivity contribution in [1.29, 1.82) is 0 Å². The maximum atomic E-state index is 12.7. The van der Waals surface area contributed by atoms with E-state index in [1.54, 1.807) is 13.8 Å². The van der Waals surface area contributed by atoms with E-state index in [1.165, 1.54) is 18.4 Å². The van der Waals surface area contributed by atoms with E-state index in [2.05, 4.69) is 6.58 Å². The van der Waals surface area contributed by atoms with Gasteiger partial charge in [0.25, 0.3) is 0 Å². The van der Waals surface area contributed by atoms with Crippen LogP contribution in [0.2, 0.25) is 0 Å². The van der Waals surface area contributed by atoms with Crippen LogP contribution >= 0.6 is 0 Å². The molecular weight excluding hydrogens is 380 g/mol. The van der Waals surface area contributed by atoms with Gasteiger partial charge in [0.1, 0.15) is 6.61 Å². The van der Waals surface area contributed by atoms with Crippen LogP contribution in [0.25, 0.3) is 0 Å². The van der Waals surface area contributed by atoms with E-state index < -0.39 is 17.5 Å². The lowest BCUT2D eigenvalue weighted by atomic mass is 9.87. The second kappa shape index (κ2) is 12.0. The Labute approximate surface area is 178 Å². The lowest BCUT2D eigenvalue weighted by Crippen LogP contribution is -2.47. The highest BCUT2D eigenvalue weighted by molar-refractivity contribution is 5.82. The molecule has 2 aromatic carbocycles. The van der Waals surface area contributed by atoms with E-state index in [1.807, 2.05) is 60.7 Å². The lowest BCUT2D eigenvalue weighted by Gasteiger charge is -2.30. The van der Waals surface area contributed by atoms with Gasteiger partial charge in [-0.25, -0.2) is 4.79 Å². The molecule has 160 valence electrons. The molecule has 30 heavy (non-hydrogen) atoms. The van der Waals surface area contributed by atoms with Crippen LogP contribution in [-0.4, -0.2) is 29.4 Å². The van der Waals surface area contributed by atoms with E-state index in [0.29, 0.717) is 13.2 Å². The standard InChI is InChI=1S/C25H30O5/c1-4-23(19-29-18-22-13-9-6-10-14-22)25(27,24(26)30-20(2)3)15-16-28-17-21-11-7-5-8-12-21/h4-16,20,23,27H,1,17-19H2,2-3H3/b16-15+/t23-,25+/m1/s1. The summed E-state index contributed by atoms with van der Waals surface area (Å²) in [5, 5.41) is 11.2. The minimum absolute atomic E-state index is 0.0884. The minimum atomic E-state index is -1.96. The van der Waals surface area contributed by atoms with Crippen molar-refractivity contribution in [2.75, 3.05) is 6.61 Å². The summed E-state index contributed by atoms with van der Waals surface area (Å²) < 4.78 is 16.5. The first-order valence-electron chi connectivity index (χ1n) is 9.96. The Kier molecular flexibility index (Phi) is 9.32. The van der Waals surface area contributed by atoms with Gasteiger partial charge >= 0.3 is 5.97 Å². The van der Waals surface area contributed by atoms with Crippen LogP contribution in [0.5, 0.6) is 0 Å². The zero-order valence-electron chi connectivity index (χ0n) is 17.6. The monoisotopic (exact) mass is 410 g/mol. The number of hydrogen-bond donors (Lipinski definition) is 1. The number of ether oxygens (including phenoxy) is 3. The Morgan fingerprint density at radius 1 is 1.03 bits per heavy atom. The highest BCUT2D eigenvalue weighted by atomic mass is 16.6. The molecule has 1 N–H and O–H groups in total. The SMILES string of the molecule is C=C[C@H](COCc1ccccc1)[C@@](O)(/C=C/OCc1ccccc1)C(=O)OC(C)C. The number of esters is 1. The van der Waals surface area contributed by atoms with Crippen LogP contribution in [0.4, 0.5) is 0 Å². The van der Waals surface area contributed by atoms with Crippen molar-refractivity contribution in [2.45, 2.75) is 38.8 Å². The van der Waals surface area contributed by atoms with Crippen LogP contribution in [0.3, 0.4) is 0 Å². The van der Waals surface area contributed by atoms with Gasteiger partial charge in [0, 0.05) is 5.92 Å². The van der Waals surface area contributed by atoms with Gasteiger partial charge in [-0.3, -0.25) is 0 Å². The van der Waals surface area contributed by atoms with E-state index in [-0.39, 0.29) is 12.7 Å². The number of hydrogen-bond acceptors (Lipinski definition) is 5. The second-order valence-electron chi connectivity index (χ2n) is 7.22. The molecule has 0 aliphatic heterocycles. The summed E-state index contributed by atoms with van der Waals surface area (Å²) in [7, 11) is 0. The van der Waals surface area contributed by atoms with E-state index >= 15 is 0 Å². The van der Waals surface area contributed by atoms with Gasteiger partial charge in [0.2, 0.25) is 0 Å². The van der Waals surface area contributed by atoms with Gasteiger partial charge in [0.05, 0.1) is 25.6 Å². The number of benzene rings is 2. The topological polar surface area (TPSA) is 65.0 Å². The molecule has 0 aliphatic rings. The smallest absolute Gasteiger partial charge is 0.343 e. The molecule has 0 fully saturated rings. The van der Waals surface area contributed by atoms with Gasteiger partial charge in [-0.2, -0.15) is 0 Å². The molecule has 0 aromatic heterocycles. The molecule has 0 aliphatic carbocycles. The number of carbonyl (C=O) groups excluding carboxylic acids is 1. The number of carbonyl (C=O) groups is 1. The zero-order chi connectivity index (χ0) is 21.8. The fraction of sp³-hybridized carbons (Fsp3) is 0.320. The summed E-state index contributed by atoms with van der Waals surface area (Å²) in [6, 6.07) is 19.3. The predicted molar refractivity (Wildman–Crippen MR) is 116 cm³/mol. The van der Waals surface area contributed by atoms with E-state index in [9.17, 15) is 9.90 Å². The molecule has 2 atom stereocenters. The third kappa shape index (κ3) is 7.17. The van der Waals surface area contributed by atoms with Gasteiger partial charge in [-0.05, 0) is 31.1 Å². The Balaban J connectivity index is 2.06. The number of aliphatic hydroxyl groups is 1. The maximum Gasteiger partial charge on any atom is 0.343 e. The Morgan fingerprint density at radius 2 is 1.60 bits per heavy atom. The van der Waals surface area contributed by atoms with Gasteiger partial charge in [-0.15, -0.1) is 6.58 Å². The van der Waals surface area contributed by atoms with Crippen molar-refractivity contribution in [3.63, 3.8) is 0 Å². The van der Waals surface area contributed by atoms with Crippen LogP contribution < -0.4 is 0 Å². The summed E-state index contributed by atoms with van der Waals surface area (Å²) in [5.74, 6) is -1.49. The molecule has 0 bridgehead atoms. The molecule has 5 nitrogen and oxygen atoms in total. The third-order valence-corrected chi connectivity index (χ3v) is 4.44. The average molecular weight is 411 g/mol. The Hall–Kier alpha value is -2.89. The average Bonchev–Trinajstić information content (AvgIpc) is 2.75. The van der Waals surface area contributed by atoms with Crippen LogP contribution in [0.1, 0.15) is 25.0 Å². The molecule has 5 heteroatoms. The minimum Gasteiger partial charge on any atom is -0.497 e. The van der Waals surface area contributed by atoms with E-state index in [4.69, 9.17) is 14.2 Å². The predicted octanol–water partition coefficient (Wildman–Crippen LogP) is 4.42. The third-order valence-electron chi connectivity index (χ3n) is 4.44. The molecule has 0 spiro atoms. The fourth-order valence-electron chi connectivity index (χ4n) is 2.77. The molecule has 0 saturated heterocycles. The van der Waals surface area contributed by atoms with Crippen LogP contribution in [0, 0.1) is 5.92 Å². The van der Waals surface area contributed by atoms with Crippen molar-refractivity contribution in [3.05, 3.63) is 96.8 Å². The lowest BCUT2D eigenvalue weighted by molar-refractivity contribution is -0.169. The van der Waals surface area contributed by atoms with Crippen molar-refractivity contribution < 1.29 is 24.1 Å². The highest BCUT2D eigenvalue weighted by Gasteiger charge is 2.42. The molecule has 0 radical (unpaired) electrons. The first-order valence-corrected chi connectivity index (χ1v) is 9.96. The first-order chi connectivity index (χ1) is 14.5. The summed E-state index contributed by atoms with van der Waals surface area (Å²) >= 11 is 0. The quantitative estimate of drug-likeness (QED) is 0.319. The first kappa shape index (κ1) is 23.4. The van der Waals surface area contributed by atoms with Gasteiger partial charge < -0.3 is 19.3 Å². The zero-order valence-corrected chi connectivity index (χ0v) is 17.6. The van der Waals surface area contributed by atoms with Crippen molar-refractivity contribution >= 4 is 5.97 Å². The largest absolute Gasteiger partial charge is 0.497 e. The van der Waals surface area contributed by atoms with E-state index in [0.717, 1.165) is 11.1 Å². The molecular formula is C25H30O5. The molecule has 2 aromatic rings. The molecule has 0 heterocycles. The molecule has 0 saturated carbocycles. The van der Waals surface area contributed by atoms with Crippen molar-refractivity contribution in [1.82, 2.24) is 0 Å². The second-order valence-corrected chi connectivity index (χ2v) is 7.22. The summed E-state index contributed by atoms with van der Waals surface area (Å²) in [5.41, 5.74) is 0.0107. The fourth-order valence-corrected chi connectivity index (χ4v) is 2.77. The van der Waals surface area contributed by atoms with Crippen molar-refractivity contribution in [3.8, 4) is 0 Å². The normalized spacial score (nSPS) is 14.3. The molecule has 0 unspecified atom stereocenters. The number of rotatable bonds is 12. The highest BCUT2D eigenvalue weighted by Crippen LogP contribution is 2.25. The van der Waals surface area contributed by atoms with Crippen molar-refractivity contribution in [2.24, 2.45) is 5.92 Å². The molecule has 0 amide bonds. The summed E-state index contributed by atoms with van der Waals surface area (Å²) in [6.45, 7) is 7.98. The van der Waals surface area contributed by atoms with Crippen LogP contribution in [0.15, 0.2) is 85.7 Å². The maximum absolute atomic E-state index is 12.7.